The Bertz CT molecular complexity index is 1260. The highest BCUT2D eigenvalue weighted by Gasteiger charge is 2.26. The van der Waals surface area contributed by atoms with Gasteiger partial charge in [-0.25, -0.2) is 9.67 Å². The van der Waals surface area contributed by atoms with Crippen molar-refractivity contribution in [1.82, 2.24) is 29.9 Å². The zero-order valence-electron chi connectivity index (χ0n) is 16.7. The molecule has 1 fully saturated rings. The fourth-order valence-electron chi connectivity index (χ4n) is 3.41. The topological polar surface area (TPSA) is 170 Å². The molecule has 0 bridgehead atoms. The minimum absolute atomic E-state index is 0.0590. The molecule has 1 atom stereocenters. The van der Waals surface area contributed by atoms with E-state index in [2.05, 4.69) is 25.3 Å². The van der Waals surface area contributed by atoms with E-state index in [4.69, 9.17) is 19.6 Å². The summed E-state index contributed by atoms with van der Waals surface area (Å²) in [5, 5.41) is 19.5. The van der Waals surface area contributed by atoms with Gasteiger partial charge in [-0.05, 0) is 18.1 Å². The van der Waals surface area contributed by atoms with E-state index in [0.29, 0.717) is 24.6 Å². The van der Waals surface area contributed by atoms with Gasteiger partial charge in [0.1, 0.15) is 5.69 Å². The maximum atomic E-state index is 11.3. The number of anilines is 1. The molecule has 32 heavy (non-hydrogen) atoms. The number of nitrogens with two attached hydrogens (primary N) is 1. The summed E-state index contributed by atoms with van der Waals surface area (Å²) in [4.78, 5) is 23.5. The summed E-state index contributed by atoms with van der Waals surface area (Å²) in [5.41, 5.74) is 7.91. The van der Waals surface area contributed by atoms with Gasteiger partial charge in [0.05, 0.1) is 48.8 Å². The van der Waals surface area contributed by atoms with Crippen molar-refractivity contribution in [2.45, 2.75) is 25.7 Å². The van der Waals surface area contributed by atoms with E-state index in [1.54, 1.807) is 6.20 Å². The largest absolute Gasteiger partial charge is 0.455 e. The summed E-state index contributed by atoms with van der Waals surface area (Å²) in [5.74, 6) is -0.144. The second-order valence-electron chi connectivity index (χ2n) is 7.20. The maximum Gasteiger partial charge on any atom is 0.316 e. The number of rotatable bonds is 7. The van der Waals surface area contributed by atoms with Crippen LogP contribution in [0.1, 0.15) is 17.7 Å². The second-order valence-corrected chi connectivity index (χ2v) is 7.20. The Kier molecular flexibility index (Phi) is 5.17. The molecule has 2 N–H and O–H groups in total. The predicted molar refractivity (Wildman–Crippen MR) is 109 cm³/mol. The molecule has 1 unspecified atom stereocenters. The predicted octanol–water partition coefficient (Wildman–Crippen LogP) is 1.72. The van der Waals surface area contributed by atoms with Gasteiger partial charge in [0.2, 0.25) is 11.7 Å². The molecule has 0 spiro atoms. The van der Waals surface area contributed by atoms with E-state index >= 15 is 0 Å². The molecule has 1 aliphatic heterocycles. The van der Waals surface area contributed by atoms with E-state index in [-0.39, 0.29) is 41.3 Å². The molecule has 0 saturated carbocycles. The van der Waals surface area contributed by atoms with Crippen molar-refractivity contribution in [3.05, 3.63) is 52.0 Å². The highest BCUT2D eigenvalue weighted by atomic mass is 16.6. The average molecular weight is 438 g/mol. The smallest absolute Gasteiger partial charge is 0.316 e. The molecule has 0 amide bonds. The number of furan rings is 1. The number of ether oxygens (including phenoxy) is 2. The Morgan fingerprint density at radius 2 is 2.22 bits per heavy atom. The van der Waals surface area contributed by atoms with Crippen LogP contribution in [0.15, 0.2) is 35.1 Å². The Balaban J connectivity index is 1.39. The van der Waals surface area contributed by atoms with Crippen molar-refractivity contribution in [2.24, 2.45) is 0 Å². The quantitative estimate of drug-likeness (QED) is 0.329. The van der Waals surface area contributed by atoms with Gasteiger partial charge in [-0.3, -0.25) is 15.1 Å². The molecule has 0 radical (unpaired) electrons. The molecular weight excluding hydrogens is 420 g/mol. The van der Waals surface area contributed by atoms with Crippen molar-refractivity contribution in [1.29, 1.82) is 0 Å². The van der Waals surface area contributed by atoms with Crippen LogP contribution < -0.4 is 5.73 Å². The Morgan fingerprint density at radius 3 is 2.97 bits per heavy atom. The fraction of sp³-hybridized carbons (Fsp3) is 0.316. The average Bonchev–Trinajstić information content (AvgIpc) is 3.54. The molecule has 13 nitrogen and oxygen atoms in total. The Morgan fingerprint density at radius 1 is 1.31 bits per heavy atom. The number of aromatic nitrogens is 6. The zero-order chi connectivity index (χ0) is 22.1. The number of hydrogen-bond donors (Lipinski definition) is 1. The van der Waals surface area contributed by atoms with Crippen LogP contribution in [0.2, 0.25) is 0 Å². The third-order valence-corrected chi connectivity index (χ3v) is 5.01. The van der Waals surface area contributed by atoms with Gasteiger partial charge in [0.15, 0.2) is 11.2 Å². The summed E-state index contributed by atoms with van der Waals surface area (Å²) in [6.07, 6.45) is 3.97. The Hall–Kier alpha value is -3.97. The lowest BCUT2D eigenvalue weighted by Crippen LogP contribution is -2.12. The first-order valence-corrected chi connectivity index (χ1v) is 9.80. The molecule has 5 rings (SSSR count). The van der Waals surface area contributed by atoms with Gasteiger partial charge in [0.25, 0.3) is 0 Å². The molecule has 1 aliphatic rings. The minimum atomic E-state index is -0.567. The number of nitrogens with zero attached hydrogens (tertiary/aromatic N) is 7. The van der Waals surface area contributed by atoms with Crippen molar-refractivity contribution in [2.75, 3.05) is 18.9 Å². The summed E-state index contributed by atoms with van der Waals surface area (Å²) in [7, 11) is 0. The van der Waals surface area contributed by atoms with E-state index in [9.17, 15) is 10.1 Å². The highest BCUT2D eigenvalue weighted by Crippen LogP contribution is 2.33. The van der Waals surface area contributed by atoms with E-state index in [0.717, 1.165) is 18.6 Å². The van der Waals surface area contributed by atoms with Gasteiger partial charge < -0.3 is 19.6 Å². The van der Waals surface area contributed by atoms with E-state index in [1.807, 2.05) is 12.1 Å². The number of pyridine rings is 1. The monoisotopic (exact) mass is 438 g/mol. The molecule has 4 aromatic heterocycles. The molecule has 4 aromatic rings. The fourth-order valence-corrected chi connectivity index (χ4v) is 3.41. The Labute approximate surface area is 180 Å². The van der Waals surface area contributed by atoms with Crippen LogP contribution in [0.5, 0.6) is 0 Å². The first-order valence-electron chi connectivity index (χ1n) is 9.80. The van der Waals surface area contributed by atoms with Crippen molar-refractivity contribution >= 4 is 22.8 Å². The van der Waals surface area contributed by atoms with Crippen LogP contribution in [-0.2, 0) is 22.6 Å². The van der Waals surface area contributed by atoms with Gasteiger partial charge in [-0.15, -0.1) is 5.10 Å². The lowest BCUT2D eigenvalue weighted by Gasteiger charge is -2.10. The van der Waals surface area contributed by atoms with Crippen molar-refractivity contribution in [3.8, 4) is 11.5 Å². The minimum Gasteiger partial charge on any atom is -0.455 e. The van der Waals surface area contributed by atoms with Crippen LogP contribution in [0, 0.1) is 10.1 Å². The third kappa shape index (κ3) is 3.86. The lowest BCUT2D eigenvalue weighted by atomic mass is 10.2. The molecule has 1 saturated heterocycles. The summed E-state index contributed by atoms with van der Waals surface area (Å²) >= 11 is 0. The standard InChI is InChI=1S/C19H18N8O5/c20-19-22-15(17-14(27(28)29)4-6-31-17)16-18(23-19)26(25-24-16)8-12-2-1-11(7-21-12)9-32-13-3-5-30-10-13/h1-2,4,6-7,13H,3,5,8-10H2,(H2,20,22,23). The first kappa shape index (κ1) is 20.0. The van der Waals surface area contributed by atoms with Crippen molar-refractivity contribution < 1.29 is 18.8 Å². The zero-order valence-corrected chi connectivity index (χ0v) is 16.7. The van der Waals surface area contributed by atoms with Crippen LogP contribution in [0.4, 0.5) is 11.6 Å². The molecule has 0 aliphatic carbocycles. The highest BCUT2D eigenvalue weighted by molar-refractivity contribution is 5.88. The van der Waals surface area contributed by atoms with E-state index < -0.39 is 4.92 Å². The normalized spacial score (nSPS) is 16.1. The summed E-state index contributed by atoms with van der Waals surface area (Å²) < 4.78 is 17.9. The SMILES string of the molecule is Nc1nc(-c2occc2[N+](=O)[O-])c2nnn(Cc3ccc(COC4CCOC4)cn3)c2n1. The lowest BCUT2D eigenvalue weighted by molar-refractivity contribution is -0.384. The first-order chi connectivity index (χ1) is 15.6. The number of nitrogen functional groups attached to an aromatic ring is 1. The maximum absolute atomic E-state index is 11.3. The van der Waals surface area contributed by atoms with E-state index in [1.165, 1.54) is 17.0 Å². The summed E-state index contributed by atoms with van der Waals surface area (Å²) in [6, 6.07) is 5.03. The number of nitro groups is 1. The van der Waals surface area contributed by atoms with Crippen LogP contribution in [0.3, 0.4) is 0 Å². The summed E-state index contributed by atoms with van der Waals surface area (Å²) in [6.45, 7) is 2.09. The van der Waals surface area contributed by atoms with Crippen LogP contribution in [-0.4, -0.2) is 54.2 Å². The number of fused-ring (bicyclic) bond motifs is 1. The number of hydrogen-bond acceptors (Lipinski definition) is 11. The molecule has 164 valence electrons. The van der Waals surface area contributed by atoms with Crippen molar-refractivity contribution in [3.63, 3.8) is 0 Å². The van der Waals surface area contributed by atoms with Gasteiger partial charge >= 0.3 is 5.69 Å². The third-order valence-electron chi connectivity index (χ3n) is 5.01. The second kappa shape index (κ2) is 8.28. The van der Waals surface area contributed by atoms with Gasteiger partial charge in [-0.2, -0.15) is 4.98 Å². The van der Waals surface area contributed by atoms with Crippen LogP contribution in [0.25, 0.3) is 22.6 Å². The van der Waals surface area contributed by atoms with Gasteiger partial charge in [-0.1, -0.05) is 11.3 Å². The molecule has 0 aromatic carbocycles. The molecule has 5 heterocycles. The van der Waals surface area contributed by atoms with Crippen LogP contribution >= 0.6 is 0 Å². The molecule has 13 heteroatoms. The van der Waals surface area contributed by atoms with Gasteiger partial charge in [0, 0.05) is 12.8 Å². The molecular formula is C19H18N8O5.